The summed E-state index contributed by atoms with van der Waals surface area (Å²) in [6.07, 6.45) is 8.20. The number of pyridine rings is 1. The van der Waals surface area contributed by atoms with Gasteiger partial charge in [0.05, 0.1) is 6.10 Å². The van der Waals surface area contributed by atoms with Crippen molar-refractivity contribution < 1.29 is 18.8 Å². The second kappa shape index (κ2) is 10.4. The topological polar surface area (TPSA) is 90.6 Å². The Morgan fingerprint density at radius 1 is 1.19 bits per heavy atom. The summed E-state index contributed by atoms with van der Waals surface area (Å²) in [5, 5.41) is 4.00. The number of aromatic nitrogens is 3. The molecule has 0 radical (unpaired) electrons. The summed E-state index contributed by atoms with van der Waals surface area (Å²) in [5.74, 6) is 2.58. The van der Waals surface area contributed by atoms with E-state index in [2.05, 4.69) is 35.9 Å². The number of nitrogens with zero attached hydrogens (tertiary/aromatic N) is 4. The maximum Gasteiger partial charge on any atom is 0.410 e. The maximum atomic E-state index is 12.8. The Balaban J connectivity index is 1.22. The molecule has 2 aliphatic rings. The van der Waals surface area contributed by atoms with Gasteiger partial charge in [-0.15, -0.1) is 0 Å². The van der Waals surface area contributed by atoms with E-state index in [-0.39, 0.29) is 24.9 Å². The van der Waals surface area contributed by atoms with Crippen LogP contribution in [-0.2, 0) is 16.1 Å². The third kappa shape index (κ3) is 5.65. The van der Waals surface area contributed by atoms with Crippen LogP contribution in [0.3, 0.4) is 0 Å². The highest BCUT2D eigenvalue weighted by Crippen LogP contribution is 2.35. The first-order valence-electron chi connectivity index (χ1n) is 11.8. The fraction of sp³-hybridized carbons (Fsp3) is 0.667. The van der Waals surface area contributed by atoms with Crippen LogP contribution in [0.1, 0.15) is 58.8 Å². The van der Waals surface area contributed by atoms with Crippen LogP contribution in [0.25, 0.3) is 11.4 Å². The molecule has 0 bridgehead atoms. The lowest BCUT2D eigenvalue weighted by atomic mass is 9.75. The number of piperidine rings is 1. The standard InChI is InChI=1S/C24H34N4O4/c1-16(2)20-5-4-17(3)14-21(20)31-24(29)28-12-8-19(9-13-28)30-15-22-26-23(27-32-22)18-6-10-25-11-7-18/h6-7,10-11,16-17,19-21H,4-5,8-9,12-15H2,1-3H3/t17-,20+,21+/m0/s1. The molecule has 1 saturated carbocycles. The van der Waals surface area contributed by atoms with Gasteiger partial charge in [0.1, 0.15) is 12.7 Å². The molecule has 2 aromatic heterocycles. The molecule has 32 heavy (non-hydrogen) atoms. The van der Waals surface area contributed by atoms with E-state index >= 15 is 0 Å². The van der Waals surface area contributed by atoms with Crippen LogP contribution in [0.15, 0.2) is 29.0 Å². The number of hydrogen-bond donors (Lipinski definition) is 0. The SMILES string of the molecule is CC(C)[C@H]1CC[C@H](C)C[C@H]1OC(=O)N1CCC(OCc2nc(-c3ccncc3)no2)CC1. The molecule has 0 N–H and O–H groups in total. The van der Waals surface area contributed by atoms with Gasteiger partial charge in [-0.2, -0.15) is 4.98 Å². The van der Waals surface area contributed by atoms with E-state index in [9.17, 15) is 4.79 Å². The summed E-state index contributed by atoms with van der Waals surface area (Å²) in [5.41, 5.74) is 0.855. The van der Waals surface area contributed by atoms with Crippen molar-refractivity contribution in [2.24, 2.45) is 17.8 Å². The molecule has 1 aliphatic heterocycles. The second-order valence-corrected chi connectivity index (χ2v) is 9.49. The third-order valence-electron chi connectivity index (χ3n) is 6.76. The van der Waals surface area contributed by atoms with Gasteiger partial charge >= 0.3 is 6.09 Å². The molecule has 1 amide bonds. The minimum atomic E-state index is -0.174. The van der Waals surface area contributed by atoms with Crippen molar-refractivity contribution in [2.75, 3.05) is 13.1 Å². The number of amides is 1. The van der Waals surface area contributed by atoms with Crippen molar-refractivity contribution >= 4 is 6.09 Å². The van der Waals surface area contributed by atoms with Crippen LogP contribution < -0.4 is 0 Å². The Bertz CT molecular complexity index is 864. The highest BCUT2D eigenvalue weighted by molar-refractivity contribution is 5.68. The minimum absolute atomic E-state index is 0.0346. The number of carbonyl (C=O) groups excluding carboxylic acids is 1. The predicted octanol–water partition coefficient (Wildman–Crippen LogP) is 4.71. The number of likely N-dealkylation sites (tertiary alicyclic amines) is 1. The zero-order valence-electron chi connectivity index (χ0n) is 19.3. The molecule has 3 atom stereocenters. The van der Waals surface area contributed by atoms with Crippen molar-refractivity contribution in [2.45, 2.75) is 71.7 Å². The van der Waals surface area contributed by atoms with Crippen molar-refractivity contribution in [3.63, 3.8) is 0 Å². The Kier molecular flexibility index (Phi) is 7.40. The first-order valence-corrected chi connectivity index (χ1v) is 11.8. The van der Waals surface area contributed by atoms with Gasteiger partial charge in [0, 0.05) is 31.0 Å². The molecular formula is C24H34N4O4. The summed E-state index contributed by atoms with van der Waals surface area (Å²) in [6, 6.07) is 3.67. The summed E-state index contributed by atoms with van der Waals surface area (Å²) in [6.45, 7) is 8.27. The van der Waals surface area contributed by atoms with Crippen LogP contribution in [0.2, 0.25) is 0 Å². The van der Waals surface area contributed by atoms with Gasteiger partial charge in [0.2, 0.25) is 5.82 Å². The smallest absolute Gasteiger partial charge is 0.410 e. The predicted molar refractivity (Wildman–Crippen MR) is 119 cm³/mol. The third-order valence-corrected chi connectivity index (χ3v) is 6.76. The van der Waals surface area contributed by atoms with Crippen LogP contribution in [0.4, 0.5) is 4.79 Å². The Hall–Kier alpha value is -2.48. The van der Waals surface area contributed by atoms with Crippen molar-refractivity contribution in [1.82, 2.24) is 20.0 Å². The van der Waals surface area contributed by atoms with Crippen molar-refractivity contribution in [3.8, 4) is 11.4 Å². The monoisotopic (exact) mass is 442 g/mol. The van der Waals surface area contributed by atoms with Gasteiger partial charge in [0.15, 0.2) is 0 Å². The molecule has 2 fully saturated rings. The summed E-state index contributed by atoms with van der Waals surface area (Å²) in [7, 11) is 0. The second-order valence-electron chi connectivity index (χ2n) is 9.49. The maximum absolute atomic E-state index is 12.8. The number of rotatable bonds is 6. The van der Waals surface area contributed by atoms with Gasteiger partial charge in [-0.05, 0) is 55.6 Å². The van der Waals surface area contributed by atoms with Gasteiger partial charge in [-0.25, -0.2) is 4.79 Å². The van der Waals surface area contributed by atoms with E-state index in [0.717, 1.165) is 31.2 Å². The Morgan fingerprint density at radius 2 is 1.94 bits per heavy atom. The van der Waals surface area contributed by atoms with Gasteiger partial charge in [-0.3, -0.25) is 4.98 Å². The lowest BCUT2D eigenvalue weighted by Gasteiger charge is -2.38. The van der Waals surface area contributed by atoms with Gasteiger partial charge in [0.25, 0.3) is 5.89 Å². The van der Waals surface area contributed by atoms with Crippen LogP contribution in [-0.4, -0.2) is 51.4 Å². The zero-order valence-corrected chi connectivity index (χ0v) is 19.3. The van der Waals surface area contributed by atoms with Crippen LogP contribution in [0, 0.1) is 17.8 Å². The van der Waals surface area contributed by atoms with E-state index in [1.807, 2.05) is 17.0 Å². The first kappa shape index (κ1) is 22.7. The zero-order chi connectivity index (χ0) is 22.5. The van der Waals surface area contributed by atoms with E-state index < -0.39 is 0 Å². The lowest BCUT2D eigenvalue weighted by molar-refractivity contribution is -0.0332. The molecule has 2 aromatic rings. The molecule has 3 heterocycles. The molecule has 174 valence electrons. The fourth-order valence-electron chi connectivity index (χ4n) is 4.78. The number of ether oxygens (including phenoxy) is 2. The van der Waals surface area contributed by atoms with E-state index in [4.69, 9.17) is 14.0 Å². The average Bonchev–Trinajstić information content (AvgIpc) is 3.27. The molecule has 0 aromatic carbocycles. The van der Waals surface area contributed by atoms with Crippen molar-refractivity contribution in [3.05, 3.63) is 30.4 Å². The lowest BCUT2D eigenvalue weighted by Crippen LogP contribution is -2.44. The normalized spacial score (nSPS) is 24.6. The fourth-order valence-corrected chi connectivity index (χ4v) is 4.78. The molecule has 0 unspecified atom stereocenters. The Morgan fingerprint density at radius 3 is 2.66 bits per heavy atom. The van der Waals surface area contributed by atoms with Gasteiger partial charge in [-0.1, -0.05) is 32.3 Å². The molecule has 8 nitrogen and oxygen atoms in total. The largest absolute Gasteiger partial charge is 0.446 e. The number of carbonyl (C=O) groups is 1. The highest BCUT2D eigenvalue weighted by Gasteiger charge is 2.35. The molecule has 1 aliphatic carbocycles. The Labute approximate surface area is 189 Å². The van der Waals surface area contributed by atoms with E-state index in [1.165, 1.54) is 6.42 Å². The summed E-state index contributed by atoms with van der Waals surface area (Å²) < 4.78 is 17.3. The minimum Gasteiger partial charge on any atom is -0.446 e. The quantitative estimate of drug-likeness (QED) is 0.640. The molecule has 0 spiro atoms. The summed E-state index contributed by atoms with van der Waals surface area (Å²) in [4.78, 5) is 23.0. The summed E-state index contributed by atoms with van der Waals surface area (Å²) >= 11 is 0. The molecule has 1 saturated heterocycles. The first-order chi connectivity index (χ1) is 15.5. The van der Waals surface area contributed by atoms with Crippen molar-refractivity contribution in [1.29, 1.82) is 0 Å². The van der Waals surface area contributed by atoms with Crippen LogP contribution >= 0.6 is 0 Å². The van der Waals surface area contributed by atoms with Gasteiger partial charge < -0.3 is 18.9 Å². The van der Waals surface area contributed by atoms with Crippen LogP contribution in [0.5, 0.6) is 0 Å². The average molecular weight is 443 g/mol. The van der Waals surface area contributed by atoms with E-state index in [1.54, 1.807) is 12.4 Å². The number of hydrogen-bond acceptors (Lipinski definition) is 7. The highest BCUT2D eigenvalue weighted by atomic mass is 16.6. The molecule has 4 rings (SSSR count). The molecular weight excluding hydrogens is 408 g/mol. The molecule has 8 heteroatoms. The van der Waals surface area contributed by atoms with E-state index in [0.29, 0.717) is 42.6 Å².